The van der Waals surface area contributed by atoms with E-state index in [1.54, 1.807) is 6.92 Å². The third-order valence-electron chi connectivity index (χ3n) is 1.67. The first kappa shape index (κ1) is 11.1. The summed E-state index contributed by atoms with van der Waals surface area (Å²) in [6.45, 7) is 2.06. The van der Waals surface area contributed by atoms with Gasteiger partial charge in [0, 0.05) is 0 Å². The molecular formula is C11H13ClO2. The molecule has 0 amide bonds. The van der Waals surface area contributed by atoms with Gasteiger partial charge in [0.15, 0.2) is 0 Å². The molecule has 1 unspecified atom stereocenters. The molecule has 0 fully saturated rings. The van der Waals surface area contributed by atoms with E-state index in [-0.39, 0.29) is 18.0 Å². The molecule has 0 spiro atoms. The largest absolute Gasteiger partial charge is 0.464 e. The fraction of sp³-hybridized carbons (Fsp3) is 0.364. The van der Waals surface area contributed by atoms with E-state index >= 15 is 0 Å². The molecule has 1 aromatic rings. The molecule has 0 N–H and O–H groups in total. The summed E-state index contributed by atoms with van der Waals surface area (Å²) in [6, 6.07) is 9.49. The van der Waals surface area contributed by atoms with Crippen LogP contribution in [0.25, 0.3) is 0 Å². The Hall–Kier alpha value is -1.02. The molecule has 0 saturated carbocycles. The van der Waals surface area contributed by atoms with Gasteiger partial charge in [0.2, 0.25) is 0 Å². The number of halogens is 1. The first-order chi connectivity index (χ1) is 6.68. The SMILES string of the molecule is CC(Cl)COC(=O)Cc1ccccc1. The topological polar surface area (TPSA) is 26.3 Å². The normalized spacial score (nSPS) is 12.1. The van der Waals surface area contributed by atoms with Crippen molar-refractivity contribution in [3.63, 3.8) is 0 Å². The molecule has 0 aliphatic carbocycles. The molecule has 0 saturated heterocycles. The van der Waals surface area contributed by atoms with Crippen LogP contribution in [-0.4, -0.2) is 18.0 Å². The molecule has 3 heteroatoms. The summed E-state index contributed by atoms with van der Waals surface area (Å²) in [5.74, 6) is -0.233. The Labute approximate surface area is 88.8 Å². The number of rotatable bonds is 4. The van der Waals surface area contributed by atoms with Gasteiger partial charge in [0.1, 0.15) is 6.61 Å². The zero-order valence-corrected chi connectivity index (χ0v) is 8.83. The maximum absolute atomic E-state index is 11.2. The van der Waals surface area contributed by atoms with Gasteiger partial charge in [-0.25, -0.2) is 0 Å². The molecular weight excluding hydrogens is 200 g/mol. The zero-order valence-electron chi connectivity index (χ0n) is 8.07. The Morgan fingerprint density at radius 1 is 1.43 bits per heavy atom. The highest BCUT2D eigenvalue weighted by Crippen LogP contribution is 2.02. The summed E-state index contributed by atoms with van der Waals surface area (Å²) in [7, 11) is 0. The predicted molar refractivity (Wildman–Crippen MR) is 56.4 cm³/mol. The minimum atomic E-state index is -0.233. The van der Waals surface area contributed by atoms with Gasteiger partial charge in [-0.15, -0.1) is 11.6 Å². The summed E-state index contributed by atoms with van der Waals surface area (Å²) in [4.78, 5) is 11.2. The average molecular weight is 213 g/mol. The first-order valence-corrected chi connectivity index (χ1v) is 4.95. The van der Waals surface area contributed by atoms with Gasteiger partial charge >= 0.3 is 5.97 Å². The molecule has 0 bridgehead atoms. The summed E-state index contributed by atoms with van der Waals surface area (Å²) in [5.41, 5.74) is 0.958. The van der Waals surface area contributed by atoms with E-state index in [2.05, 4.69) is 0 Å². The smallest absolute Gasteiger partial charge is 0.310 e. The zero-order chi connectivity index (χ0) is 10.4. The van der Waals surface area contributed by atoms with E-state index in [1.807, 2.05) is 30.3 Å². The van der Waals surface area contributed by atoms with Crippen LogP contribution in [0.4, 0.5) is 0 Å². The molecule has 76 valence electrons. The highest BCUT2D eigenvalue weighted by Gasteiger charge is 2.05. The fourth-order valence-electron chi connectivity index (χ4n) is 1.02. The van der Waals surface area contributed by atoms with Crippen molar-refractivity contribution in [3.8, 4) is 0 Å². The molecule has 1 atom stereocenters. The standard InChI is InChI=1S/C11H13ClO2/c1-9(12)8-14-11(13)7-10-5-3-2-4-6-10/h2-6,9H,7-8H2,1H3. The van der Waals surface area contributed by atoms with Crippen molar-refractivity contribution >= 4 is 17.6 Å². The van der Waals surface area contributed by atoms with Crippen molar-refractivity contribution in [1.29, 1.82) is 0 Å². The van der Waals surface area contributed by atoms with Gasteiger partial charge in [-0.1, -0.05) is 30.3 Å². The van der Waals surface area contributed by atoms with Crippen LogP contribution in [0.1, 0.15) is 12.5 Å². The Morgan fingerprint density at radius 2 is 2.07 bits per heavy atom. The number of carbonyl (C=O) groups excluding carboxylic acids is 1. The quantitative estimate of drug-likeness (QED) is 0.566. The lowest BCUT2D eigenvalue weighted by Gasteiger charge is -2.05. The monoisotopic (exact) mass is 212 g/mol. The van der Waals surface area contributed by atoms with Crippen molar-refractivity contribution in [3.05, 3.63) is 35.9 Å². The number of ether oxygens (including phenoxy) is 1. The van der Waals surface area contributed by atoms with E-state index in [0.29, 0.717) is 6.42 Å². The summed E-state index contributed by atoms with van der Waals surface area (Å²) in [6.07, 6.45) is 0.310. The van der Waals surface area contributed by atoms with Crippen molar-refractivity contribution in [2.75, 3.05) is 6.61 Å². The number of benzene rings is 1. The lowest BCUT2D eigenvalue weighted by Crippen LogP contribution is -2.13. The van der Waals surface area contributed by atoms with Gasteiger partial charge in [-0.2, -0.15) is 0 Å². The van der Waals surface area contributed by atoms with Crippen LogP contribution in [0.3, 0.4) is 0 Å². The summed E-state index contributed by atoms with van der Waals surface area (Å²) in [5, 5.41) is -0.130. The van der Waals surface area contributed by atoms with Gasteiger partial charge in [0.25, 0.3) is 0 Å². The second-order valence-corrected chi connectivity index (χ2v) is 3.87. The molecule has 0 radical (unpaired) electrons. The Morgan fingerprint density at radius 3 is 2.64 bits per heavy atom. The minimum Gasteiger partial charge on any atom is -0.464 e. The third-order valence-corrected chi connectivity index (χ3v) is 1.79. The Bertz CT molecular complexity index is 283. The van der Waals surface area contributed by atoms with E-state index in [1.165, 1.54) is 0 Å². The van der Waals surface area contributed by atoms with Gasteiger partial charge in [0.05, 0.1) is 11.8 Å². The Kier molecular flexibility index (Phi) is 4.47. The van der Waals surface area contributed by atoms with Crippen LogP contribution < -0.4 is 0 Å². The van der Waals surface area contributed by atoms with Crippen LogP contribution in [0.15, 0.2) is 30.3 Å². The molecule has 2 nitrogen and oxygen atoms in total. The number of carbonyl (C=O) groups is 1. The number of hydrogen-bond donors (Lipinski definition) is 0. The van der Waals surface area contributed by atoms with E-state index in [4.69, 9.17) is 16.3 Å². The molecule has 0 heterocycles. The van der Waals surface area contributed by atoms with Gasteiger partial charge in [-0.3, -0.25) is 4.79 Å². The molecule has 0 aliphatic rings. The molecule has 0 aromatic heterocycles. The van der Waals surface area contributed by atoms with E-state index < -0.39 is 0 Å². The van der Waals surface area contributed by atoms with Gasteiger partial charge < -0.3 is 4.74 Å². The van der Waals surface area contributed by atoms with Crippen molar-refractivity contribution in [1.82, 2.24) is 0 Å². The lowest BCUT2D eigenvalue weighted by atomic mass is 10.2. The van der Waals surface area contributed by atoms with Crippen LogP contribution in [0, 0.1) is 0 Å². The molecule has 0 aliphatic heterocycles. The second kappa shape index (κ2) is 5.66. The molecule has 1 aromatic carbocycles. The van der Waals surface area contributed by atoms with Crippen molar-refractivity contribution < 1.29 is 9.53 Å². The summed E-state index contributed by atoms with van der Waals surface area (Å²) >= 11 is 5.65. The first-order valence-electron chi connectivity index (χ1n) is 4.52. The minimum absolute atomic E-state index is 0.130. The molecule has 1 rings (SSSR count). The number of hydrogen-bond acceptors (Lipinski definition) is 2. The van der Waals surface area contributed by atoms with Crippen LogP contribution in [-0.2, 0) is 16.0 Å². The third kappa shape index (κ3) is 4.28. The van der Waals surface area contributed by atoms with Crippen LogP contribution in [0.2, 0.25) is 0 Å². The fourth-order valence-corrected chi connectivity index (χ4v) is 1.08. The second-order valence-electron chi connectivity index (χ2n) is 3.13. The number of esters is 1. The maximum Gasteiger partial charge on any atom is 0.310 e. The summed E-state index contributed by atoms with van der Waals surface area (Å²) < 4.78 is 4.94. The lowest BCUT2D eigenvalue weighted by molar-refractivity contribution is -0.142. The van der Waals surface area contributed by atoms with Crippen molar-refractivity contribution in [2.45, 2.75) is 18.7 Å². The van der Waals surface area contributed by atoms with Gasteiger partial charge in [-0.05, 0) is 12.5 Å². The highest BCUT2D eigenvalue weighted by atomic mass is 35.5. The van der Waals surface area contributed by atoms with Crippen LogP contribution in [0.5, 0.6) is 0 Å². The number of alkyl halides is 1. The highest BCUT2D eigenvalue weighted by molar-refractivity contribution is 6.20. The predicted octanol–water partition coefficient (Wildman–Crippen LogP) is 2.40. The van der Waals surface area contributed by atoms with E-state index in [0.717, 1.165) is 5.56 Å². The maximum atomic E-state index is 11.2. The van der Waals surface area contributed by atoms with Crippen LogP contribution >= 0.6 is 11.6 Å². The van der Waals surface area contributed by atoms with E-state index in [9.17, 15) is 4.79 Å². The molecule has 14 heavy (non-hydrogen) atoms. The average Bonchev–Trinajstić information content (AvgIpc) is 2.16. The Balaban J connectivity index is 2.35. The van der Waals surface area contributed by atoms with Crippen molar-refractivity contribution in [2.24, 2.45) is 0 Å².